The number of ether oxygens (including phenoxy) is 1. The van der Waals surface area contributed by atoms with Crippen LogP contribution < -0.4 is 5.32 Å². The SMILES string of the molecule is COC(=O)c1cc(Br)cnc1NCc1ccc(F)cc1. The van der Waals surface area contributed by atoms with Crippen LogP contribution in [0.25, 0.3) is 0 Å². The van der Waals surface area contributed by atoms with Gasteiger partial charge < -0.3 is 10.1 Å². The summed E-state index contributed by atoms with van der Waals surface area (Å²) in [5.41, 5.74) is 1.22. The first-order chi connectivity index (χ1) is 9.60. The first-order valence-corrected chi connectivity index (χ1v) is 6.61. The number of hydrogen-bond acceptors (Lipinski definition) is 4. The second-order valence-corrected chi connectivity index (χ2v) is 4.94. The number of hydrogen-bond donors (Lipinski definition) is 1. The van der Waals surface area contributed by atoms with E-state index in [0.29, 0.717) is 22.4 Å². The molecule has 2 rings (SSSR count). The summed E-state index contributed by atoms with van der Waals surface area (Å²) in [5, 5.41) is 3.04. The van der Waals surface area contributed by atoms with Gasteiger partial charge in [-0.1, -0.05) is 12.1 Å². The Balaban J connectivity index is 2.16. The van der Waals surface area contributed by atoms with E-state index in [-0.39, 0.29) is 5.82 Å². The van der Waals surface area contributed by atoms with Crippen molar-refractivity contribution in [3.05, 3.63) is 57.9 Å². The summed E-state index contributed by atoms with van der Waals surface area (Å²) in [4.78, 5) is 15.8. The Morgan fingerprint density at radius 3 is 2.75 bits per heavy atom. The fourth-order valence-electron chi connectivity index (χ4n) is 1.63. The molecule has 0 radical (unpaired) electrons. The van der Waals surface area contributed by atoms with Crippen LogP contribution in [0.3, 0.4) is 0 Å². The lowest BCUT2D eigenvalue weighted by molar-refractivity contribution is 0.0601. The van der Waals surface area contributed by atoms with Crippen molar-refractivity contribution in [1.82, 2.24) is 4.98 Å². The monoisotopic (exact) mass is 338 g/mol. The van der Waals surface area contributed by atoms with Crippen LogP contribution in [0, 0.1) is 5.82 Å². The number of anilines is 1. The summed E-state index contributed by atoms with van der Waals surface area (Å²) in [5.74, 6) is -0.337. The molecule has 0 bridgehead atoms. The molecule has 0 saturated carbocycles. The summed E-state index contributed by atoms with van der Waals surface area (Å²) in [6, 6.07) is 7.73. The smallest absolute Gasteiger partial charge is 0.341 e. The average Bonchev–Trinajstić information content (AvgIpc) is 2.46. The van der Waals surface area contributed by atoms with Crippen molar-refractivity contribution < 1.29 is 13.9 Å². The highest BCUT2D eigenvalue weighted by Gasteiger charge is 2.13. The van der Waals surface area contributed by atoms with Gasteiger partial charge in [-0.15, -0.1) is 0 Å². The van der Waals surface area contributed by atoms with E-state index in [9.17, 15) is 9.18 Å². The van der Waals surface area contributed by atoms with Crippen molar-refractivity contribution in [2.75, 3.05) is 12.4 Å². The largest absolute Gasteiger partial charge is 0.465 e. The minimum atomic E-state index is -0.472. The van der Waals surface area contributed by atoms with Gasteiger partial charge in [-0.3, -0.25) is 0 Å². The van der Waals surface area contributed by atoms with E-state index in [2.05, 4.69) is 26.2 Å². The van der Waals surface area contributed by atoms with Crippen molar-refractivity contribution >= 4 is 27.7 Å². The molecule has 0 amide bonds. The second-order valence-electron chi connectivity index (χ2n) is 4.02. The first kappa shape index (κ1) is 14.5. The van der Waals surface area contributed by atoms with Crippen LogP contribution in [-0.4, -0.2) is 18.1 Å². The Morgan fingerprint density at radius 1 is 1.40 bits per heavy atom. The van der Waals surface area contributed by atoms with Gasteiger partial charge in [0.15, 0.2) is 0 Å². The molecule has 1 heterocycles. The Kier molecular flexibility index (Phi) is 4.68. The average molecular weight is 339 g/mol. The minimum absolute atomic E-state index is 0.286. The lowest BCUT2D eigenvalue weighted by Gasteiger charge is -2.10. The molecule has 0 fully saturated rings. The molecule has 0 spiro atoms. The Hall–Kier alpha value is -1.95. The van der Waals surface area contributed by atoms with Gasteiger partial charge in [-0.2, -0.15) is 0 Å². The third-order valence-corrected chi connectivity index (χ3v) is 3.07. The van der Waals surface area contributed by atoms with Crippen molar-refractivity contribution in [3.63, 3.8) is 0 Å². The number of nitrogens with zero attached hydrogens (tertiary/aromatic N) is 1. The summed E-state index contributed by atoms with van der Waals surface area (Å²) in [7, 11) is 1.31. The van der Waals surface area contributed by atoms with E-state index in [1.165, 1.54) is 19.2 Å². The number of carbonyl (C=O) groups is 1. The highest BCUT2D eigenvalue weighted by molar-refractivity contribution is 9.10. The molecule has 0 aliphatic heterocycles. The Labute approximate surface area is 124 Å². The molecule has 1 aromatic carbocycles. The van der Waals surface area contributed by atoms with Crippen LogP contribution >= 0.6 is 15.9 Å². The lowest BCUT2D eigenvalue weighted by atomic mass is 10.2. The molecular formula is C14H12BrFN2O2. The van der Waals surface area contributed by atoms with Gasteiger partial charge in [0.2, 0.25) is 0 Å². The molecule has 0 atom stereocenters. The molecule has 1 aromatic heterocycles. The zero-order valence-corrected chi connectivity index (χ0v) is 12.3. The van der Waals surface area contributed by atoms with Crippen molar-refractivity contribution in [1.29, 1.82) is 0 Å². The highest BCUT2D eigenvalue weighted by atomic mass is 79.9. The fourth-order valence-corrected chi connectivity index (χ4v) is 1.97. The first-order valence-electron chi connectivity index (χ1n) is 5.82. The summed E-state index contributed by atoms with van der Waals surface area (Å²) in [6.45, 7) is 0.429. The maximum absolute atomic E-state index is 12.8. The van der Waals surface area contributed by atoms with Crippen LogP contribution in [0.1, 0.15) is 15.9 Å². The number of methoxy groups -OCH3 is 1. The van der Waals surface area contributed by atoms with Crippen molar-refractivity contribution in [3.8, 4) is 0 Å². The predicted octanol–water partition coefficient (Wildman–Crippen LogP) is 3.38. The van der Waals surface area contributed by atoms with Crippen LogP contribution in [0.15, 0.2) is 41.0 Å². The van der Waals surface area contributed by atoms with Crippen molar-refractivity contribution in [2.45, 2.75) is 6.54 Å². The number of esters is 1. The zero-order chi connectivity index (χ0) is 14.5. The van der Waals surface area contributed by atoms with Crippen LogP contribution in [0.4, 0.5) is 10.2 Å². The van der Waals surface area contributed by atoms with Gasteiger partial charge in [0.1, 0.15) is 17.2 Å². The van der Waals surface area contributed by atoms with Crippen molar-refractivity contribution in [2.24, 2.45) is 0 Å². The molecule has 0 unspecified atom stereocenters. The number of carbonyl (C=O) groups excluding carboxylic acids is 1. The van der Waals surface area contributed by atoms with Gasteiger partial charge in [-0.25, -0.2) is 14.2 Å². The molecule has 20 heavy (non-hydrogen) atoms. The quantitative estimate of drug-likeness (QED) is 0.868. The predicted molar refractivity (Wildman–Crippen MR) is 77.0 cm³/mol. The van der Waals surface area contributed by atoms with Gasteiger partial charge in [0.25, 0.3) is 0 Å². The third-order valence-electron chi connectivity index (χ3n) is 2.63. The number of nitrogens with one attached hydrogen (secondary N) is 1. The zero-order valence-electron chi connectivity index (χ0n) is 10.7. The van der Waals surface area contributed by atoms with E-state index in [0.717, 1.165) is 5.56 Å². The highest BCUT2D eigenvalue weighted by Crippen LogP contribution is 2.19. The Morgan fingerprint density at radius 2 is 2.10 bits per heavy atom. The fraction of sp³-hybridized carbons (Fsp3) is 0.143. The number of aromatic nitrogens is 1. The number of halogens is 2. The van der Waals surface area contributed by atoms with Crippen LogP contribution in [0.5, 0.6) is 0 Å². The minimum Gasteiger partial charge on any atom is -0.465 e. The van der Waals surface area contributed by atoms with E-state index in [1.54, 1.807) is 24.4 Å². The standard InChI is InChI=1S/C14H12BrFN2O2/c1-20-14(19)12-6-10(15)8-18-13(12)17-7-9-2-4-11(16)5-3-9/h2-6,8H,7H2,1H3,(H,17,18). The molecule has 0 aliphatic carbocycles. The Bertz CT molecular complexity index is 617. The molecule has 0 aliphatic rings. The summed E-state index contributed by atoms with van der Waals surface area (Å²) in [6.07, 6.45) is 1.58. The molecule has 1 N–H and O–H groups in total. The summed E-state index contributed by atoms with van der Waals surface area (Å²) >= 11 is 3.26. The van der Waals surface area contributed by atoms with E-state index in [1.807, 2.05) is 0 Å². The number of rotatable bonds is 4. The van der Waals surface area contributed by atoms with Gasteiger partial charge >= 0.3 is 5.97 Å². The molecular weight excluding hydrogens is 327 g/mol. The van der Waals surface area contributed by atoms with E-state index in [4.69, 9.17) is 4.74 Å². The van der Waals surface area contributed by atoms with Gasteiger partial charge in [0, 0.05) is 17.2 Å². The molecule has 104 valence electrons. The molecule has 2 aromatic rings. The maximum atomic E-state index is 12.8. The van der Waals surface area contributed by atoms with E-state index >= 15 is 0 Å². The molecule has 6 heteroatoms. The van der Waals surface area contributed by atoms with Gasteiger partial charge in [-0.05, 0) is 39.7 Å². The van der Waals surface area contributed by atoms with Crippen LogP contribution in [0.2, 0.25) is 0 Å². The third kappa shape index (κ3) is 3.54. The molecule has 0 saturated heterocycles. The van der Waals surface area contributed by atoms with Gasteiger partial charge in [0.05, 0.1) is 7.11 Å². The van der Waals surface area contributed by atoms with Crippen LogP contribution in [-0.2, 0) is 11.3 Å². The number of benzene rings is 1. The topological polar surface area (TPSA) is 51.2 Å². The summed E-state index contributed by atoms with van der Waals surface area (Å²) < 4.78 is 18.2. The molecule has 4 nitrogen and oxygen atoms in total. The normalized spacial score (nSPS) is 10.2. The maximum Gasteiger partial charge on any atom is 0.341 e. The number of pyridine rings is 1. The van der Waals surface area contributed by atoms with E-state index < -0.39 is 5.97 Å². The second kappa shape index (κ2) is 6.47. The lowest BCUT2D eigenvalue weighted by Crippen LogP contribution is -2.10.